The van der Waals surface area contributed by atoms with Gasteiger partial charge in [0.2, 0.25) is 0 Å². The van der Waals surface area contributed by atoms with Crippen LogP contribution < -0.4 is 10.2 Å². The van der Waals surface area contributed by atoms with Crippen molar-refractivity contribution in [2.45, 2.75) is 65.8 Å². The SMILES string of the molecule is CCOC(=O)Cc1ccccc1OCc1cc(B2OC(C)(C)C(C)(C)O2)c2occ(C)c2c1. The molecular weight excluding hydrogens is 419 g/mol. The molecule has 3 aromatic rings. The van der Waals surface area contributed by atoms with Gasteiger partial charge in [0.05, 0.1) is 30.5 Å². The third-order valence-corrected chi connectivity index (χ3v) is 6.47. The zero-order chi connectivity index (χ0) is 23.8. The van der Waals surface area contributed by atoms with Gasteiger partial charge in [0, 0.05) is 16.4 Å². The third kappa shape index (κ3) is 4.66. The van der Waals surface area contributed by atoms with E-state index < -0.39 is 18.3 Å². The Morgan fingerprint density at radius 1 is 1.06 bits per heavy atom. The summed E-state index contributed by atoms with van der Waals surface area (Å²) in [6, 6.07) is 11.6. The second-order valence-electron chi connectivity index (χ2n) is 9.45. The molecule has 2 heterocycles. The summed E-state index contributed by atoms with van der Waals surface area (Å²) in [7, 11) is -0.542. The highest BCUT2D eigenvalue weighted by Gasteiger charge is 2.52. The topological polar surface area (TPSA) is 67.1 Å². The minimum Gasteiger partial charge on any atom is -0.489 e. The minimum atomic E-state index is -0.542. The first-order valence-electron chi connectivity index (χ1n) is 11.3. The van der Waals surface area contributed by atoms with E-state index in [2.05, 4.69) is 6.07 Å². The molecule has 1 saturated heterocycles. The molecule has 2 aromatic carbocycles. The summed E-state index contributed by atoms with van der Waals surface area (Å²) in [5, 5.41) is 1.00. The predicted molar refractivity (Wildman–Crippen MR) is 128 cm³/mol. The number of carbonyl (C=O) groups excluding carboxylic acids is 1. The molecule has 0 aliphatic carbocycles. The Morgan fingerprint density at radius 3 is 2.45 bits per heavy atom. The van der Waals surface area contributed by atoms with Gasteiger partial charge in [-0.3, -0.25) is 4.79 Å². The highest BCUT2D eigenvalue weighted by molar-refractivity contribution is 6.64. The fraction of sp³-hybridized carbons (Fsp3) is 0.423. The van der Waals surface area contributed by atoms with E-state index >= 15 is 0 Å². The summed E-state index contributed by atoms with van der Waals surface area (Å²) in [4.78, 5) is 12.0. The number of ether oxygens (including phenoxy) is 2. The average Bonchev–Trinajstić information content (AvgIpc) is 3.22. The van der Waals surface area contributed by atoms with Gasteiger partial charge in [-0.15, -0.1) is 0 Å². The summed E-state index contributed by atoms with van der Waals surface area (Å²) in [6.45, 7) is 12.6. The summed E-state index contributed by atoms with van der Waals surface area (Å²) in [5.74, 6) is 0.388. The second kappa shape index (κ2) is 8.88. The lowest BCUT2D eigenvalue weighted by molar-refractivity contribution is -0.142. The standard InChI is InChI=1S/C26H31BO6/c1-7-29-23(28)14-19-10-8-9-11-22(19)30-16-18-12-20-17(2)15-31-24(20)21(13-18)27-32-25(3,4)26(5,6)33-27/h8-13,15H,7,14,16H2,1-6H3. The molecule has 0 spiro atoms. The zero-order valence-electron chi connectivity index (χ0n) is 20.2. The first-order valence-corrected chi connectivity index (χ1v) is 11.3. The monoisotopic (exact) mass is 450 g/mol. The Kier molecular flexibility index (Phi) is 6.29. The molecule has 1 fully saturated rings. The first kappa shape index (κ1) is 23.4. The molecule has 0 N–H and O–H groups in total. The highest BCUT2D eigenvalue weighted by atomic mass is 16.7. The van der Waals surface area contributed by atoms with Crippen LogP contribution in [0.15, 0.2) is 47.1 Å². The van der Waals surface area contributed by atoms with Crippen LogP contribution in [0.5, 0.6) is 5.75 Å². The molecule has 1 aliphatic heterocycles. The molecule has 0 unspecified atom stereocenters. The maximum absolute atomic E-state index is 12.0. The van der Waals surface area contributed by atoms with Gasteiger partial charge in [0.15, 0.2) is 0 Å². The molecule has 174 valence electrons. The fourth-order valence-electron chi connectivity index (χ4n) is 3.90. The Bertz CT molecular complexity index is 1150. The number of hydrogen-bond acceptors (Lipinski definition) is 6. The van der Waals surface area contributed by atoms with Crippen LogP contribution in [-0.4, -0.2) is 30.9 Å². The van der Waals surface area contributed by atoms with E-state index in [9.17, 15) is 4.79 Å². The lowest BCUT2D eigenvalue weighted by Crippen LogP contribution is -2.41. The molecule has 1 aromatic heterocycles. The second-order valence-corrected chi connectivity index (χ2v) is 9.45. The van der Waals surface area contributed by atoms with Crippen molar-refractivity contribution in [2.75, 3.05) is 6.61 Å². The third-order valence-electron chi connectivity index (χ3n) is 6.47. The van der Waals surface area contributed by atoms with Crippen molar-refractivity contribution in [3.05, 3.63) is 59.4 Å². The Morgan fingerprint density at radius 2 is 1.76 bits per heavy atom. The van der Waals surface area contributed by atoms with E-state index in [4.69, 9.17) is 23.2 Å². The minimum absolute atomic E-state index is 0.170. The molecule has 0 saturated carbocycles. The molecule has 0 bridgehead atoms. The molecule has 7 heteroatoms. The van der Waals surface area contributed by atoms with Crippen molar-refractivity contribution in [1.29, 1.82) is 0 Å². The Labute approximate surface area is 195 Å². The van der Waals surface area contributed by atoms with E-state index in [1.54, 1.807) is 13.2 Å². The first-order chi connectivity index (χ1) is 15.6. The maximum atomic E-state index is 12.0. The normalized spacial score (nSPS) is 16.8. The maximum Gasteiger partial charge on any atom is 0.498 e. The van der Waals surface area contributed by atoms with Gasteiger partial charge in [0.25, 0.3) is 0 Å². The van der Waals surface area contributed by atoms with Crippen LogP contribution in [0.2, 0.25) is 0 Å². The van der Waals surface area contributed by atoms with Crippen molar-refractivity contribution >= 4 is 29.5 Å². The highest BCUT2D eigenvalue weighted by Crippen LogP contribution is 2.37. The van der Waals surface area contributed by atoms with Gasteiger partial charge in [-0.1, -0.05) is 24.3 Å². The lowest BCUT2D eigenvalue weighted by Gasteiger charge is -2.32. The van der Waals surface area contributed by atoms with Crippen molar-refractivity contribution in [2.24, 2.45) is 0 Å². The predicted octanol–water partition coefficient (Wildman–Crippen LogP) is 4.73. The van der Waals surface area contributed by atoms with E-state index in [1.807, 2.05) is 65.0 Å². The zero-order valence-corrected chi connectivity index (χ0v) is 20.2. The molecule has 0 atom stereocenters. The summed E-state index contributed by atoms with van der Waals surface area (Å²) in [5.41, 5.74) is 3.49. The summed E-state index contributed by atoms with van der Waals surface area (Å²) in [6.07, 6.45) is 1.92. The number of carbonyl (C=O) groups is 1. The smallest absolute Gasteiger partial charge is 0.489 e. The van der Waals surface area contributed by atoms with Crippen LogP contribution in [0.4, 0.5) is 0 Å². The Hall–Kier alpha value is -2.77. The average molecular weight is 450 g/mol. The largest absolute Gasteiger partial charge is 0.498 e. The molecular formula is C26H31BO6. The van der Waals surface area contributed by atoms with Crippen LogP contribution in [0.1, 0.15) is 51.3 Å². The van der Waals surface area contributed by atoms with Gasteiger partial charge < -0.3 is 23.2 Å². The fourth-order valence-corrected chi connectivity index (χ4v) is 3.90. The molecule has 0 radical (unpaired) electrons. The van der Waals surface area contributed by atoms with Gasteiger partial charge in [-0.25, -0.2) is 0 Å². The van der Waals surface area contributed by atoms with Gasteiger partial charge in [-0.05, 0) is 64.8 Å². The van der Waals surface area contributed by atoms with E-state index in [1.165, 1.54) is 0 Å². The number of esters is 1. The van der Waals surface area contributed by atoms with Crippen molar-refractivity contribution in [3.8, 4) is 5.75 Å². The lowest BCUT2D eigenvalue weighted by atomic mass is 9.77. The summed E-state index contributed by atoms with van der Waals surface area (Å²) >= 11 is 0. The molecule has 0 amide bonds. The van der Waals surface area contributed by atoms with Gasteiger partial charge >= 0.3 is 13.1 Å². The van der Waals surface area contributed by atoms with Gasteiger partial charge in [-0.2, -0.15) is 0 Å². The Balaban J connectivity index is 1.62. The number of aryl methyl sites for hydroxylation is 1. The van der Waals surface area contributed by atoms with Crippen LogP contribution in [0, 0.1) is 6.92 Å². The number of benzene rings is 2. The molecule has 6 nitrogen and oxygen atoms in total. The van der Waals surface area contributed by atoms with E-state index in [0.29, 0.717) is 19.0 Å². The molecule has 1 aliphatic rings. The molecule has 33 heavy (non-hydrogen) atoms. The van der Waals surface area contributed by atoms with Crippen molar-refractivity contribution in [1.82, 2.24) is 0 Å². The van der Waals surface area contributed by atoms with Crippen LogP contribution >= 0.6 is 0 Å². The van der Waals surface area contributed by atoms with Crippen LogP contribution in [0.3, 0.4) is 0 Å². The van der Waals surface area contributed by atoms with Crippen molar-refractivity contribution in [3.63, 3.8) is 0 Å². The van der Waals surface area contributed by atoms with Crippen molar-refractivity contribution < 1.29 is 28.0 Å². The number of furan rings is 1. The van der Waals surface area contributed by atoms with Gasteiger partial charge in [0.1, 0.15) is 17.9 Å². The number of hydrogen-bond donors (Lipinski definition) is 0. The van der Waals surface area contributed by atoms with E-state index in [-0.39, 0.29) is 12.4 Å². The number of rotatable bonds is 7. The molecule has 4 rings (SSSR count). The number of fused-ring (bicyclic) bond motifs is 1. The van der Waals surface area contributed by atoms with Crippen LogP contribution in [-0.2, 0) is 31.9 Å². The van der Waals surface area contributed by atoms with Crippen LogP contribution in [0.25, 0.3) is 11.0 Å². The summed E-state index contributed by atoms with van der Waals surface area (Å²) < 4.78 is 29.7. The number of para-hydroxylation sites is 1. The quantitative estimate of drug-likeness (QED) is 0.383. The van der Waals surface area contributed by atoms with E-state index in [0.717, 1.165) is 33.1 Å².